The molecule has 3 aromatic rings. The van der Waals surface area contributed by atoms with E-state index in [1.807, 2.05) is 18.2 Å². The first-order valence-corrected chi connectivity index (χ1v) is 12.8. The van der Waals surface area contributed by atoms with Crippen molar-refractivity contribution < 1.29 is 19.0 Å². The third-order valence-electron chi connectivity index (χ3n) is 6.16. The zero-order valence-electron chi connectivity index (χ0n) is 18.7. The third-order valence-corrected chi connectivity index (χ3v) is 7.34. The number of benzene rings is 2. The second-order valence-corrected chi connectivity index (χ2v) is 10.7. The van der Waals surface area contributed by atoms with Crippen LogP contribution in [0.3, 0.4) is 0 Å². The molecular weight excluding hydrogens is 555 g/mol. The van der Waals surface area contributed by atoms with Crippen LogP contribution in [0.4, 0.5) is 4.39 Å². The number of nitrogens with zero attached hydrogens (tertiary/aromatic N) is 2. The molecule has 1 N–H and O–H groups in total. The number of carboxylic acids is 1. The molecule has 2 aromatic carbocycles. The first kappa shape index (κ1) is 24.2. The second kappa shape index (κ2) is 10.1. The quantitative estimate of drug-likeness (QED) is 0.297. The van der Waals surface area contributed by atoms with Gasteiger partial charge in [-0.2, -0.15) is 0 Å². The summed E-state index contributed by atoms with van der Waals surface area (Å²) in [4.78, 5) is 15.8. The van der Waals surface area contributed by atoms with E-state index in [2.05, 4.69) is 50.3 Å². The van der Waals surface area contributed by atoms with Gasteiger partial charge in [0.25, 0.3) is 0 Å². The van der Waals surface area contributed by atoms with E-state index in [9.17, 15) is 9.18 Å². The van der Waals surface area contributed by atoms with E-state index < -0.39 is 12.1 Å². The van der Waals surface area contributed by atoms with E-state index in [-0.39, 0.29) is 12.5 Å². The maximum absolute atomic E-state index is 13.6. The van der Waals surface area contributed by atoms with Gasteiger partial charge >= 0.3 is 5.97 Å². The van der Waals surface area contributed by atoms with Crippen LogP contribution in [0.5, 0.6) is 11.5 Å². The van der Waals surface area contributed by atoms with Gasteiger partial charge in [-0.3, -0.25) is 0 Å². The molecule has 0 amide bonds. The largest absolute Gasteiger partial charge is 0.479 e. The van der Waals surface area contributed by atoms with Gasteiger partial charge in [0.1, 0.15) is 11.6 Å². The number of carbonyl (C=O) groups is 1. The fraction of sp³-hybridized carbons (Fsp3) is 0.440. The second-order valence-electron chi connectivity index (χ2n) is 9.00. The van der Waals surface area contributed by atoms with Gasteiger partial charge in [0, 0.05) is 24.9 Å². The molecule has 1 aromatic heterocycles. The lowest BCUT2D eigenvalue weighted by atomic mass is 10.0. The highest BCUT2D eigenvalue weighted by atomic mass is 79.9. The highest BCUT2D eigenvalue weighted by Gasteiger charge is 2.22. The summed E-state index contributed by atoms with van der Waals surface area (Å²) in [6.07, 6.45) is 4.04. The SMILES string of the molecule is CC(C)n1c(CC2CCCC2)nc2ccc(Oc3c(Br)cc(CC(F)C(=O)O)cc3Br)cc21. The van der Waals surface area contributed by atoms with Crippen molar-refractivity contribution in [3.05, 3.63) is 50.7 Å². The fourth-order valence-electron chi connectivity index (χ4n) is 4.62. The predicted octanol–water partition coefficient (Wildman–Crippen LogP) is 7.63. The minimum absolute atomic E-state index is 0.212. The Morgan fingerprint density at radius 2 is 1.88 bits per heavy atom. The molecule has 5 nitrogen and oxygen atoms in total. The number of hydrogen-bond donors (Lipinski definition) is 1. The van der Waals surface area contributed by atoms with Crippen LogP contribution in [-0.2, 0) is 17.6 Å². The molecule has 0 aliphatic heterocycles. The molecule has 1 unspecified atom stereocenters. The van der Waals surface area contributed by atoms with Crippen LogP contribution in [0.2, 0.25) is 0 Å². The number of alkyl halides is 1. The normalized spacial score (nSPS) is 15.5. The highest BCUT2D eigenvalue weighted by Crippen LogP contribution is 2.39. The van der Waals surface area contributed by atoms with Crippen LogP contribution in [0.15, 0.2) is 39.3 Å². The first-order chi connectivity index (χ1) is 15.7. The molecule has 0 spiro atoms. The molecule has 33 heavy (non-hydrogen) atoms. The number of aromatic nitrogens is 2. The van der Waals surface area contributed by atoms with E-state index >= 15 is 0 Å². The lowest BCUT2D eigenvalue weighted by Gasteiger charge is -2.16. The van der Waals surface area contributed by atoms with Crippen LogP contribution in [0.1, 0.15) is 57.0 Å². The molecule has 1 heterocycles. The molecule has 0 radical (unpaired) electrons. The van der Waals surface area contributed by atoms with E-state index in [4.69, 9.17) is 14.8 Å². The van der Waals surface area contributed by atoms with Crippen LogP contribution in [0, 0.1) is 5.92 Å². The zero-order valence-corrected chi connectivity index (χ0v) is 21.8. The molecule has 8 heteroatoms. The number of ether oxygens (including phenoxy) is 1. The van der Waals surface area contributed by atoms with Gasteiger partial charge in [-0.25, -0.2) is 14.2 Å². The Morgan fingerprint density at radius 3 is 2.48 bits per heavy atom. The molecule has 0 saturated heterocycles. The van der Waals surface area contributed by atoms with Crippen molar-refractivity contribution >= 4 is 48.9 Å². The Morgan fingerprint density at radius 1 is 1.21 bits per heavy atom. The van der Waals surface area contributed by atoms with Crippen molar-refractivity contribution in [2.75, 3.05) is 0 Å². The predicted molar refractivity (Wildman–Crippen MR) is 134 cm³/mol. The summed E-state index contributed by atoms with van der Waals surface area (Å²) in [6, 6.07) is 9.54. The molecule has 0 bridgehead atoms. The Hall–Kier alpha value is -1.93. The lowest BCUT2D eigenvalue weighted by Crippen LogP contribution is -2.17. The molecular formula is C25H27Br2FN2O3. The Balaban J connectivity index is 1.62. The molecule has 1 fully saturated rings. The van der Waals surface area contributed by atoms with Crippen molar-refractivity contribution in [3.8, 4) is 11.5 Å². The average molecular weight is 582 g/mol. The standard InChI is InChI=1S/C25H27Br2FN2O3/c1-14(2)30-22-13-17(7-8-21(22)29-23(30)12-15-5-3-4-6-15)33-24-18(26)9-16(10-19(24)27)11-20(28)25(31)32/h7-10,13-15,20H,3-6,11-12H2,1-2H3,(H,31,32). The van der Waals surface area contributed by atoms with E-state index in [0.29, 0.717) is 31.9 Å². The summed E-state index contributed by atoms with van der Waals surface area (Å²) in [7, 11) is 0. The van der Waals surface area contributed by atoms with Gasteiger partial charge in [0.05, 0.1) is 20.0 Å². The Labute approximate surface area is 209 Å². The smallest absolute Gasteiger partial charge is 0.338 e. The van der Waals surface area contributed by atoms with Crippen LogP contribution >= 0.6 is 31.9 Å². The monoisotopic (exact) mass is 580 g/mol. The lowest BCUT2D eigenvalue weighted by molar-refractivity contribution is -0.142. The van der Waals surface area contributed by atoms with E-state index in [1.54, 1.807) is 12.1 Å². The number of rotatable bonds is 8. The van der Waals surface area contributed by atoms with Gasteiger partial charge in [-0.05, 0) is 81.5 Å². The summed E-state index contributed by atoms with van der Waals surface area (Å²) in [5.74, 6) is 1.59. The topological polar surface area (TPSA) is 64.4 Å². The maximum Gasteiger partial charge on any atom is 0.338 e. The number of carboxylic acid groups (broad SMARTS) is 1. The Kier molecular flexibility index (Phi) is 7.43. The highest BCUT2D eigenvalue weighted by molar-refractivity contribution is 9.11. The van der Waals surface area contributed by atoms with Crippen LogP contribution < -0.4 is 4.74 Å². The first-order valence-electron chi connectivity index (χ1n) is 11.3. The third kappa shape index (κ3) is 5.43. The summed E-state index contributed by atoms with van der Waals surface area (Å²) < 4.78 is 23.4. The van der Waals surface area contributed by atoms with Gasteiger partial charge < -0.3 is 14.4 Å². The minimum atomic E-state index is -1.95. The van der Waals surface area contributed by atoms with Crippen molar-refractivity contribution in [3.63, 3.8) is 0 Å². The fourth-order valence-corrected chi connectivity index (χ4v) is 6.06. The summed E-state index contributed by atoms with van der Waals surface area (Å²) in [6.45, 7) is 4.35. The van der Waals surface area contributed by atoms with Crippen LogP contribution in [-0.4, -0.2) is 26.8 Å². The van der Waals surface area contributed by atoms with Gasteiger partial charge in [0.2, 0.25) is 6.17 Å². The van der Waals surface area contributed by atoms with Crippen LogP contribution in [0.25, 0.3) is 11.0 Å². The van der Waals surface area contributed by atoms with Gasteiger partial charge in [0.15, 0.2) is 5.75 Å². The number of imidazole rings is 1. The number of hydrogen-bond acceptors (Lipinski definition) is 3. The van der Waals surface area contributed by atoms with E-state index in [1.165, 1.54) is 25.7 Å². The zero-order chi connectivity index (χ0) is 23.7. The maximum atomic E-state index is 13.6. The van der Waals surface area contributed by atoms with Crippen molar-refractivity contribution in [1.29, 1.82) is 0 Å². The van der Waals surface area contributed by atoms with Crippen molar-refractivity contribution in [1.82, 2.24) is 9.55 Å². The van der Waals surface area contributed by atoms with Gasteiger partial charge in [-0.15, -0.1) is 0 Å². The summed E-state index contributed by atoms with van der Waals surface area (Å²) in [5.41, 5.74) is 2.56. The van der Waals surface area contributed by atoms with Gasteiger partial charge in [-0.1, -0.05) is 25.7 Å². The number of halogens is 3. The van der Waals surface area contributed by atoms with Crippen molar-refractivity contribution in [2.24, 2.45) is 5.92 Å². The molecule has 4 rings (SSSR count). The molecule has 176 valence electrons. The van der Waals surface area contributed by atoms with Crippen molar-refractivity contribution in [2.45, 2.75) is 64.6 Å². The number of fused-ring (bicyclic) bond motifs is 1. The summed E-state index contributed by atoms with van der Waals surface area (Å²) >= 11 is 6.96. The minimum Gasteiger partial charge on any atom is -0.479 e. The average Bonchev–Trinajstić information content (AvgIpc) is 3.37. The molecule has 1 saturated carbocycles. The van der Waals surface area contributed by atoms with E-state index in [0.717, 1.165) is 23.3 Å². The Bertz CT molecular complexity index is 1150. The summed E-state index contributed by atoms with van der Waals surface area (Å²) in [5, 5.41) is 8.83. The number of aliphatic carboxylic acids is 1. The molecule has 1 aliphatic rings. The molecule has 1 aliphatic carbocycles. The molecule has 1 atom stereocenters.